The van der Waals surface area contributed by atoms with E-state index < -0.39 is 70.2 Å². The van der Waals surface area contributed by atoms with Gasteiger partial charge in [-0.3, -0.25) is 14.4 Å². The number of amides is 3. The van der Waals surface area contributed by atoms with E-state index in [1.54, 1.807) is 29.6 Å². The zero-order valence-corrected chi connectivity index (χ0v) is 33.3. The molecule has 1 unspecified atom stereocenters. The Kier molecular flexibility index (Phi) is 16.5. The van der Waals surface area contributed by atoms with Crippen molar-refractivity contribution in [2.45, 2.75) is 63.3 Å². The number of alkyl halides is 3. The summed E-state index contributed by atoms with van der Waals surface area (Å²) in [5.74, 6) is -5.89. The Hall–Kier alpha value is -6.60. The van der Waals surface area contributed by atoms with Gasteiger partial charge in [0.2, 0.25) is 21.8 Å². The van der Waals surface area contributed by atoms with Gasteiger partial charge in [-0.05, 0) is 59.2 Å². The van der Waals surface area contributed by atoms with E-state index in [1.807, 2.05) is 30.3 Å². The summed E-state index contributed by atoms with van der Waals surface area (Å²) in [6.45, 7) is 0.496. The minimum atomic E-state index is -5.14. The van der Waals surface area contributed by atoms with Crippen molar-refractivity contribution in [2.75, 3.05) is 7.11 Å². The van der Waals surface area contributed by atoms with E-state index in [2.05, 4.69) is 25.3 Å². The highest BCUT2D eigenvalue weighted by molar-refractivity contribution is 7.88. The van der Waals surface area contributed by atoms with Gasteiger partial charge in [0, 0.05) is 25.6 Å². The minimum absolute atomic E-state index is 0.0176. The number of halogens is 3. The molecule has 3 amide bonds. The molecule has 0 saturated carbocycles. The number of benzene rings is 4. The largest absolute Gasteiger partial charge is 0.471 e. The number of nitrogens with zero attached hydrogens (tertiary/aromatic N) is 1. The van der Waals surface area contributed by atoms with Crippen LogP contribution in [0, 0.1) is 0 Å². The van der Waals surface area contributed by atoms with E-state index >= 15 is 0 Å². The van der Waals surface area contributed by atoms with Gasteiger partial charge in [-0.25, -0.2) is 22.7 Å². The predicted molar refractivity (Wildman–Crippen MR) is 213 cm³/mol. The number of esters is 1. The number of carbonyl (C=O) groups is 5. The lowest BCUT2D eigenvalue weighted by atomic mass is 10.0. The molecule has 0 fully saturated rings. The molecule has 318 valence electrons. The van der Waals surface area contributed by atoms with E-state index in [0.29, 0.717) is 24.0 Å². The Morgan fingerprint density at radius 2 is 1.42 bits per heavy atom. The van der Waals surface area contributed by atoms with Crippen LogP contribution in [0.15, 0.2) is 108 Å². The highest BCUT2D eigenvalue weighted by Gasteiger charge is 2.38. The van der Waals surface area contributed by atoms with Gasteiger partial charge in [0.25, 0.3) is 0 Å². The molecule has 0 aliphatic rings. The first-order valence-electron chi connectivity index (χ1n) is 18.3. The third kappa shape index (κ3) is 14.7. The van der Waals surface area contributed by atoms with Crippen molar-refractivity contribution in [1.29, 1.82) is 0 Å². The third-order valence-electron chi connectivity index (χ3n) is 8.68. The van der Waals surface area contributed by atoms with E-state index in [9.17, 15) is 45.6 Å². The van der Waals surface area contributed by atoms with Crippen LogP contribution in [-0.4, -0.2) is 63.2 Å². The molecule has 4 rings (SSSR count). The SMILES string of the molecule is COC(=O)c1cccc(CS(=O)(=O)N[C@H](CCCc2ccccc2)C(=O)NC(C(=O)NCc2ccc(/C(N)=N\OC(C)=O)cc2)c2cccc(CNC(=O)C(F)(F)F)c2)c1. The van der Waals surface area contributed by atoms with Gasteiger partial charge in [0.1, 0.15) is 12.1 Å². The van der Waals surface area contributed by atoms with E-state index in [4.69, 9.17) is 10.5 Å². The lowest BCUT2D eigenvalue weighted by molar-refractivity contribution is -0.173. The first-order valence-corrected chi connectivity index (χ1v) is 19.9. The molecule has 0 spiro atoms. The fourth-order valence-electron chi connectivity index (χ4n) is 5.74. The van der Waals surface area contributed by atoms with Crippen LogP contribution in [0.4, 0.5) is 13.2 Å². The maximum atomic E-state index is 14.2. The standard InChI is InChI=1S/C41H43F3N6O9S/c1-26(51)59-49-36(45)31-19-17-28(18-20-31)23-46-38(53)35(32-14-6-12-29(21-32)24-47-40(55)41(42,43)44)48-37(52)34(16-8-11-27-9-4-3-5-10-27)50-60(56,57)25-30-13-7-15-33(22-30)39(54)58-2/h3-7,9-10,12-15,17-22,34-35,50H,8,11,16,23-25H2,1-2H3,(H2,45,49)(H,46,53)(H,47,55)(H,48,52)/t34-,35?/m1/s1. The summed E-state index contributed by atoms with van der Waals surface area (Å²) in [6.07, 6.45) is -4.35. The molecule has 0 aliphatic heterocycles. The molecule has 0 saturated heterocycles. The molecular formula is C41H43F3N6O9S. The van der Waals surface area contributed by atoms with Crippen molar-refractivity contribution in [1.82, 2.24) is 20.7 Å². The Labute approximate surface area is 343 Å². The van der Waals surface area contributed by atoms with Gasteiger partial charge in [-0.2, -0.15) is 13.2 Å². The normalized spacial score (nSPS) is 12.7. The van der Waals surface area contributed by atoms with Crippen LogP contribution < -0.4 is 26.4 Å². The molecule has 2 atom stereocenters. The van der Waals surface area contributed by atoms with Crippen LogP contribution in [0.3, 0.4) is 0 Å². The smallest absolute Gasteiger partial charge is 0.465 e. The molecule has 0 radical (unpaired) electrons. The van der Waals surface area contributed by atoms with Gasteiger partial charge in [0.05, 0.1) is 18.4 Å². The molecule has 0 heterocycles. The number of amidine groups is 1. The molecule has 6 N–H and O–H groups in total. The van der Waals surface area contributed by atoms with Crippen molar-refractivity contribution in [3.63, 3.8) is 0 Å². The van der Waals surface area contributed by atoms with Crippen LogP contribution in [-0.2, 0) is 64.0 Å². The van der Waals surface area contributed by atoms with E-state index in [1.165, 1.54) is 55.6 Å². The number of sulfonamides is 1. The molecule has 19 heteroatoms. The highest BCUT2D eigenvalue weighted by atomic mass is 32.2. The molecule has 15 nitrogen and oxygen atoms in total. The number of ether oxygens (including phenoxy) is 1. The average molecular weight is 853 g/mol. The van der Waals surface area contributed by atoms with Crippen molar-refractivity contribution >= 4 is 45.5 Å². The highest BCUT2D eigenvalue weighted by Crippen LogP contribution is 2.20. The zero-order chi connectivity index (χ0) is 43.9. The fraction of sp³-hybridized carbons (Fsp3) is 0.268. The van der Waals surface area contributed by atoms with Crippen LogP contribution in [0.2, 0.25) is 0 Å². The number of nitrogens with two attached hydrogens (primary N) is 1. The van der Waals surface area contributed by atoms with Gasteiger partial charge in [-0.1, -0.05) is 96.2 Å². The van der Waals surface area contributed by atoms with Crippen LogP contribution in [0.5, 0.6) is 0 Å². The summed E-state index contributed by atoms with van der Waals surface area (Å²) in [5, 5.41) is 10.6. The molecule has 0 bridgehead atoms. The van der Waals surface area contributed by atoms with Gasteiger partial charge in [0.15, 0.2) is 5.84 Å². The summed E-state index contributed by atoms with van der Waals surface area (Å²) >= 11 is 0. The van der Waals surface area contributed by atoms with Crippen LogP contribution in [0.25, 0.3) is 0 Å². The third-order valence-corrected chi connectivity index (χ3v) is 10.0. The number of carbonyl (C=O) groups excluding carboxylic acids is 5. The number of aryl methyl sites for hydroxylation is 1. The Balaban J connectivity index is 1.61. The average Bonchev–Trinajstić information content (AvgIpc) is 3.22. The van der Waals surface area contributed by atoms with Gasteiger partial charge in [-0.15, -0.1) is 0 Å². The lowest BCUT2D eigenvalue weighted by Crippen LogP contribution is -2.50. The molecule has 60 heavy (non-hydrogen) atoms. The van der Waals surface area contributed by atoms with Gasteiger partial charge < -0.3 is 31.3 Å². The zero-order valence-electron chi connectivity index (χ0n) is 32.5. The molecular weight excluding hydrogens is 810 g/mol. The Bertz CT molecular complexity index is 2290. The first kappa shape index (κ1) is 46.1. The summed E-state index contributed by atoms with van der Waals surface area (Å²) in [4.78, 5) is 67.3. The summed E-state index contributed by atoms with van der Waals surface area (Å²) in [7, 11) is -3.10. The number of rotatable bonds is 19. The first-order chi connectivity index (χ1) is 28.4. The van der Waals surface area contributed by atoms with Crippen molar-refractivity contribution in [3.8, 4) is 0 Å². The number of hydrogen-bond donors (Lipinski definition) is 5. The molecule has 0 aromatic heterocycles. The van der Waals surface area contributed by atoms with Crippen molar-refractivity contribution < 1.29 is 55.1 Å². The fourth-order valence-corrected chi connectivity index (χ4v) is 7.10. The second kappa shape index (κ2) is 21.4. The summed E-state index contributed by atoms with van der Waals surface area (Å²) < 4.78 is 73.1. The second-order valence-electron chi connectivity index (χ2n) is 13.3. The van der Waals surface area contributed by atoms with Gasteiger partial charge >= 0.3 is 24.0 Å². The second-order valence-corrected chi connectivity index (χ2v) is 15.1. The maximum Gasteiger partial charge on any atom is 0.471 e. The lowest BCUT2D eigenvalue weighted by Gasteiger charge is -2.24. The van der Waals surface area contributed by atoms with Crippen LogP contribution >= 0.6 is 0 Å². The Morgan fingerprint density at radius 1 is 0.767 bits per heavy atom. The quantitative estimate of drug-likeness (QED) is 0.0302. The van der Waals surface area contributed by atoms with Crippen LogP contribution in [0.1, 0.15) is 69.5 Å². The molecule has 4 aromatic carbocycles. The molecule has 4 aromatic rings. The maximum absolute atomic E-state index is 14.2. The van der Waals surface area contributed by atoms with E-state index in [-0.39, 0.29) is 41.1 Å². The topological polar surface area (TPSA) is 224 Å². The number of hydrogen-bond acceptors (Lipinski definition) is 10. The minimum Gasteiger partial charge on any atom is -0.465 e. The predicted octanol–water partition coefficient (Wildman–Crippen LogP) is 3.82. The number of nitrogens with one attached hydrogen (secondary N) is 4. The summed E-state index contributed by atoms with van der Waals surface area (Å²) in [5.41, 5.74) is 8.35. The number of oxime groups is 1. The molecule has 0 aliphatic carbocycles. The Morgan fingerprint density at radius 3 is 2.08 bits per heavy atom. The van der Waals surface area contributed by atoms with E-state index in [0.717, 1.165) is 12.5 Å². The van der Waals surface area contributed by atoms with Crippen molar-refractivity contribution in [2.24, 2.45) is 10.9 Å². The monoisotopic (exact) mass is 852 g/mol. The number of methoxy groups -OCH3 is 1. The summed E-state index contributed by atoms with van der Waals surface area (Å²) in [6, 6.07) is 24.0. The van der Waals surface area contributed by atoms with Crippen molar-refractivity contribution in [3.05, 3.63) is 142 Å².